The molecule has 3 N–H and O–H groups in total. The van der Waals surface area contributed by atoms with E-state index in [0.717, 1.165) is 11.3 Å². The molecule has 1 unspecified atom stereocenters. The first kappa shape index (κ1) is 26.3. The molecular formula is C27H32FN5O4. The average molecular weight is 510 g/mol. The molecule has 0 bridgehead atoms. The predicted octanol–water partition coefficient (Wildman–Crippen LogP) is 1.72. The molecule has 2 aliphatic heterocycles. The van der Waals surface area contributed by atoms with Crippen molar-refractivity contribution in [3.05, 3.63) is 66.0 Å². The minimum atomic E-state index is -1.24. The Hall–Kier alpha value is -3.79. The van der Waals surface area contributed by atoms with Gasteiger partial charge in [-0.25, -0.2) is 9.40 Å². The van der Waals surface area contributed by atoms with Gasteiger partial charge in [0.2, 0.25) is 11.8 Å². The van der Waals surface area contributed by atoms with Crippen LogP contribution in [0, 0.1) is 11.2 Å². The quantitative estimate of drug-likeness (QED) is 0.562. The third-order valence-electron chi connectivity index (χ3n) is 6.67. The number of piperidine rings is 1. The molecule has 2 aliphatic rings. The number of likely N-dealkylation sites (tertiary alicyclic amines) is 1. The average Bonchev–Trinajstić information content (AvgIpc) is 3.10. The van der Waals surface area contributed by atoms with E-state index >= 15 is 0 Å². The van der Waals surface area contributed by atoms with E-state index in [1.807, 2.05) is 30.3 Å². The lowest BCUT2D eigenvalue weighted by atomic mass is 9.73. The zero-order valence-corrected chi connectivity index (χ0v) is 21.2. The minimum absolute atomic E-state index is 0.112. The van der Waals surface area contributed by atoms with E-state index < -0.39 is 34.6 Å². The molecule has 10 heteroatoms. The molecule has 0 aromatic heterocycles. The molecule has 9 nitrogen and oxygen atoms in total. The highest BCUT2D eigenvalue weighted by Gasteiger charge is 2.54. The van der Waals surface area contributed by atoms with Crippen LogP contribution in [0.4, 0.5) is 4.39 Å². The first-order valence-corrected chi connectivity index (χ1v) is 12.2. The summed E-state index contributed by atoms with van der Waals surface area (Å²) in [4.78, 5) is 41.4. The maximum absolute atomic E-state index is 13.8. The maximum atomic E-state index is 13.8. The molecule has 2 aromatic rings. The second-order valence-corrected chi connectivity index (χ2v) is 10.1. The SMILES string of the molecule is CN1N=C2CCN(C(=O)C(COc3cccc(F)c3)NC(=O)C(C)(C)N)C[C@@]2(Cc2ccccc2)C1=O. The van der Waals surface area contributed by atoms with Crippen LogP contribution in [0.15, 0.2) is 59.7 Å². The lowest BCUT2D eigenvalue weighted by Gasteiger charge is -2.40. The lowest BCUT2D eigenvalue weighted by molar-refractivity contribution is -0.143. The van der Waals surface area contributed by atoms with Gasteiger partial charge < -0.3 is 20.7 Å². The summed E-state index contributed by atoms with van der Waals surface area (Å²) >= 11 is 0. The summed E-state index contributed by atoms with van der Waals surface area (Å²) in [6, 6.07) is 14.0. The number of nitrogens with one attached hydrogen (secondary N) is 1. The third kappa shape index (κ3) is 5.64. The standard InChI is InChI=1S/C27H32FN5O4/c1-26(2,29)24(35)30-21(16-37-20-11-7-10-19(28)14-20)23(34)33-13-12-22-27(17-33,25(36)32(3)31-22)15-18-8-5-4-6-9-18/h4-11,14,21H,12-13,15-17,29H2,1-3H3,(H,30,35)/t21?,27-/m1/s1. The number of hydrogen-bond acceptors (Lipinski definition) is 6. The van der Waals surface area contributed by atoms with Crippen molar-refractivity contribution < 1.29 is 23.5 Å². The van der Waals surface area contributed by atoms with Crippen LogP contribution in [-0.2, 0) is 20.8 Å². The highest BCUT2D eigenvalue weighted by molar-refractivity contribution is 6.13. The number of nitrogens with zero attached hydrogens (tertiary/aromatic N) is 3. The number of rotatable bonds is 8. The van der Waals surface area contributed by atoms with Crippen LogP contribution in [0.25, 0.3) is 0 Å². The van der Waals surface area contributed by atoms with Crippen molar-refractivity contribution in [3.8, 4) is 5.75 Å². The predicted molar refractivity (Wildman–Crippen MR) is 136 cm³/mol. The number of ether oxygens (including phenoxy) is 1. The van der Waals surface area contributed by atoms with Crippen molar-refractivity contribution in [2.45, 2.75) is 38.3 Å². The molecule has 1 saturated heterocycles. The van der Waals surface area contributed by atoms with Gasteiger partial charge in [0, 0.05) is 32.6 Å². The molecule has 0 radical (unpaired) electrons. The number of amides is 3. The Labute approximate surface area is 215 Å². The molecule has 2 atom stereocenters. The van der Waals surface area contributed by atoms with Gasteiger partial charge >= 0.3 is 0 Å². The summed E-state index contributed by atoms with van der Waals surface area (Å²) in [6.07, 6.45) is 0.814. The topological polar surface area (TPSA) is 117 Å². The van der Waals surface area contributed by atoms with E-state index in [-0.39, 0.29) is 24.8 Å². The molecule has 0 aliphatic carbocycles. The van der Waals surface area contributed by atoms with Gasteiger partial charge in [0.05, 0.1) is 11.3 Å². The van der Waals surface area contributed by atoms with Crippen LogP contribution in [0.2, 0.25) is 0 Å². The van der Waals surface area contributed by atoms with Gasteiger partial charge in [-0.1, -0.05) is 36.4 Å². The molecule has 0 saturated carbocycles. The summed E-state index contributed by atoms with van der Waals surface area (Å²) in [6.45, 7) is 3.27. The molecule has 0 spiro atoms. The van der Waals surface area contributed by atoms with E-state index in [4.69, 9.17) is 10.5 Å². The highest BCUT2D eigenvalue weighted by Crippen LogP contribution is 2.38. The van der Waals surface area contributed by atoms with Gasteiger partial charge in [0.25, 0.3) is 5.91 Å². The van der Waals surface area contributed by atoms with Crippen molar-refractivity contribution in [2.75, 3.05) is 26.7 Å². The third-order valence-corrected chi connectivity index (χ3v) is 6.67. The van der Waals surface area contributed by atoms with Crippen LogP contribution in [0.3, 0.4) is 0 Å². The Morgan fingerprint density at radius 2 is 1.95 bits per heavy atom. The van der Waals surface area contributed by atoms with E-state index in [2.05, 4.69) is 10.4 Å². The fraction of sp³-hybridized carbons (Fsp3) is 0.407. The first-order chi connectivity index (χ1) is 17.5. The fourth-order valence-corrected chi connectivity index (χ4v) is 4.69. The zero-order chi connectivity index (χ0) is 26.8. The fourth-order valence-electron chi connectivity index (χ4n) is 4.69. The van der Waals surface area contributed by atoms with Crippen molar-refractivity contribution in [1.82, 2.24) is 15.2 Å². The first-order valence-electron chi connectivity index (χ1n) is 12.2. The number of carbonyl (C=O) groups is 3. The smallest absolute Gasteiger partial charge is 0.256 e. The number of halogens is 1. The molecule has 2 aromatic carbocycles. The molecule has 3 amide bonds. The van der Waals surface area contributed by atoms with E-state index in [1.165, 1.54) is 37.1 Å². The molecule has 4 rings (SSSR count). The molecule has 1 fully saturated rings. The van der Waals surface area contributed by atoms with Crippen LogP contribution >= 0.6 is 0 Å². The van der Waals surface area contributed by atoms with Crippen LogP contribution < -0.4 is 15.8 Å². The molecule has 37 heavy (non-hydrogen) atoms. The van der Waals surface area contributed by atoms with Crippen molar-refractivity contribution in [1.29, 1.82) is 0 Å². The number of carbonyl (C=O) groups excluding carboxylic acids is 3. The van der Waals surface area contributed by atoms with Gasteiger partial charge in [0.1, 0.15) is 29.6 Å². The van der Waals surface area contributed by atoms with Crippen molar-refractivity contribution >= 4 is 23.4 Å². The number of benzene rings is 2. The summed E-state index contributed by atoms with van der Waals surface area (Å²) in [5.74, 6) is -1.39. The maximum Gasteiger partial charge on any atom is 0.256 e. The summed E-state index contributed by atoms with van der Waals surface area (Å²) in [5, 5.41) is 8.50. The zero-order valence-electron chi connectivity index (χ0n) is 21.2. The highest BCUT2D eigenvalue weighted by atomic mass is 19.1. The van der Waals surface area contributed by atoms with Gasteiger partial charge in [0.15, 0.2) is 0 Å². The van der Waals surface area contributed by atoms with E-state index in [0.29, 0.717) is 19.4 Å². The van der Waals surface area contributed by atoms with Crippen molar-refractivity contribution in [3.63, 3.8) is 0 Å². The Kier molecular flexibility index (Phi) is 7.31. The number of hydrogen-bond donors (Lipinski definition) is 2. The van der Waals surface area contributed by atoms with E-state index in [1.54, 1.807) is 18.0 Å². The second-order valence-electron chi connectivity index (χ2n) is 10.1. The monoisotopic (exact) mass is 509 g/mol. The van der Waals surface area contributed by atoms with Gasteiger partial charge in [-0.15, -0.1) is 0 Å². The van der Waals surface area contributed by atoms with Crippen LogP contribution in [0.1, 0.15) is 25.8 Å². The van der Waals surface area contributed by atoms with Gasteiger partial charge in [-0.2, -0.15) is 5.10 Å². The Bertz CT molecular complexity index is 1210. The van der Waals surface area contributed by atoms with E-state index in [9.17, 15) is 18.8 Å². The Morgan fingerprint density at radius 3 is 2.62 bits per heavy atom. The summed E-state index contributed by atoms with van der Waals surface area (Å²) < 4.78 is 19.3. The second kappa shape index (κ2) is 10.3. The van der Waals surface area contributed by atoms with Gasteiger partial charge in [-0.3, -0.25) is 14.4 Å². The normalized spacial score (nSPS) is 20.2. The Morgan fingerprint density at radius 1 is 1.22 bits per heavy atom. The summed E-state index contributed by atoms with van der Waals surface area (Å²) in [5.41, 5.74) is 5.42. The summed E-state index contributed by atoms with van der Waals surface area (Å²) in [7, 11) is 1.62. The number of fused-ring (bicyclic) bond motifs is 1. The van der Waals surface area contributed by atoms with Crippen LogP contribution in [-0.4, -0.2) is 71.7 Å². The molecule has 2 heterocycles. The lowest BCUT2D eigenvalue weighted by Crippen LogP contribution is -2.62. The number of nitrogens with two attached hydrogens (primary N) is 1. The van der Waals surface area contributed by atoms with Crippen LogP contribution in [0.5, 0.6) is 5.75 Å². The number of hydrazone groups is 1. The molecular weight excluding hydrogens is 477 g/mol. The molecule has 196 valence electrons. The van der Waals surface area contributed by atoms with Crippen molar-refractivity contribution in [2.24, 2.45) is 16.3 Å². The van der Waals surface area contributed by atoms with Gasteiger partial charge in [-0.05, 0) is 38.0 Å². The Balaban J connectivity index is 1.58. The largest absolute Gasteiger partial charge is 0.491 e. The minimum Gasteiger partial charge on any atom is -0.491 e.